The first-order chi connectivity index (χ1) is 5.57. The van der Waals surface area contributed by atoms with Gasteiger partial charge in [0.2, 0.25) is 0 Å². The Morgan fingerprint density at radius 2 is 1.50 bits per heavy atom. The van der Waals surface area contributed by atoms with Crippen molar-refractivity contribution in [2.75, 3.05) is 6.61 Å². The molecule has 1 heterocycles. The second kappa shape index (κ2) is 3.65. The molecule has 12 heavy (non-hydrogen) atoms. The van der Waals surface area contributed by atoms with Crippen LogP contribution in [0.2, 0.25) is 0 Å². The van der Waals surface area contributed by atoms with Crippen molar-refractivity contribution < 1.29 is 30.3 Å². The SMILES string of the molecule is OC[C@H]1O[C@@H](O)[C@@H](O)[C@@H](O)[C@@H]1O. The predicted molar refractivity (Wildman–Crippen MR) is 36.0 cm³/mol. The highest BCUT2D eigenvalue weighted by molar-refractivity contribution is 4.87. The van der Waals surface area contributed by atoms with Gasteiger partial charge < -0.3 is 30.3 Å². The minimum Gasteiger partial charge on any atom is -0.394 e. The van der Waals surface area contributed by atoms with Gasteiger partial charge in [-0.3, -0.25) is 0 Å². The molecule has 1 aliphatic heterocycles. The molecule has 6 nitrogen and oxygen atoms in total. The van der Waals surface area contributed by atoms with E-state index in [1.54, 1.807) is 0 Å². The lowest BCUT2D eigenvalue weighted by atomic mass is 10.00. The normalized spacial score (nSPS) is 49.2. The zero-order valence-corrected chi connectivity index (χ0v) is 6.24. The number of ether oxygens (including phenoxy) is 1. The van der Waals surface area contributed by atoms with Crippen LogP contribution in [0.5, 0.6) is 0 Å². The molecule has 1 saturated heterocycles. The van der Waals surface area contributed by atoms with Crippen LogP contribution >= 0.6 is 0 Å². The Morgan fingerprint density at radius 3 is 2.00 bits per heavy atom. The van der Waals surface area contributed by atoms with Gasteiger partial charge in [0, 0.05) is 0 Å². The molecule has 1 fully saturated rings. The largest absolute Gasteiger partial charge is 0.394 e. The van der Waals surface area contributed by atoms with Gasteiger partial charge in [0.15, 0.2) is 6.29 Å². The minimum absolute atomic E-state index is 0.526. The van der Waals surface area contributed by atoms with Gasteiger partial charge in [0.1, 0.15) is 24.4 Å². The van der Waals surface area contributed by atoms with Crippen molar-refractivity contribution >= 4 is 0 Å². The monoisotopic (exact) mass is 180 g/mol. The maximum Gasteiger partial charge on any atom is 0.184 e. The van der Waals surface area contributed by atoms with Crippen molar-refractivity contribution in [2.45, 2.75) is 30.7 Å². The van der Waals surface area contributed by atoms with E-state index in [4.69, 9.17) is 25.5 Å². The summed E-state index contributed by atoms with van der Waals surface area (Å²) in [5, 5.41) is 44.7. The molecule has 0 saturated carbocycles. The lowest BCUT2D eigenvalue weighted by Crippen LogP contribution is -2.58. The van der Waals surface area contributed by atoms with E-state index in [9.17, 15) is 0 Å². The van der Waals surface area contributed by atoms with Crippen LogP contribution in [0.25, 0.3) is 0 Å². The van der Waals surface area contributed by atoms with E-state index in [0.29, 0.717) is 0 Å². The van der Waals surface area contributed by atoms with Crippen LogP contribution in [0.4, 0.5) is 0 Å². The third-order valence-corrected chi connectivity index (χ3v) is 1.87. The van der Waals surface area contributed by atoms with Gasteiger partial charge in [0.25, 0.3) is 0 Å². The van der Waals surface area contributed by atoms with E-state index in [0.717, 1.165) is 0 Å². The fourth-order valence-electron chi connectivity index (χ4n) is 1.08. The van der Waals surface area contributed by atoms with E-state index in [1.165, 1.54) is 0 Å². The zero-order chi connectivity index (χ0) is 9.30. The molecule has 0 aromatic heterocycles. The van der Waals surface area contributed by atoms with E-state index in [2.05, 4.69) is 4.74 Å². The molecular weight excluding hydrogens is 168 g/mol. The molecule has 0 aromatic carbocycles. The molecule has 6 heteroatoms. The molecule has 0 aromatic rings. The van der Waals surface area contributed by atoms with Crippen molar-refractivity contribution in [1.82, 2.24) is 0 Å². The smallest absolute Gasteiger partial charge is 0.184 e. The molecule has 5 N–H and O–H groups in total. The van der Waals surface area contributed by atoms with E-state index >= 15 is 0 Å². The second-order valence-corrected chi connectivity index (χ2v) is 2.72. The molecule has 0 amide bonds. The maximum absolute atomic E-state index is 9.12. The van der Waals surface area contributed by atoms with E-state index in [-0.39, 0.29) is 0 Å². The summed E-state index contributed by atoms with van der Waals surface area (Å²) in [6, 6.07) is 0. The fourth-order valence-corrected chi connectivity index (χ4v) is 1.08. The highest BCUT2D eigenvalue weighted by Gasteiger charge is 2.42. The molecule has 0 spiro atoms. The van der Waals surface area contributed by atoms with E-state index < -0.39 is 37.3 Å². The Morgan fingerprint density at radius 1 is 0.917 bits per heavy atom. The van der Waals surface area contributed by atoms with Crippen LogP contribution in [-0.4, -0.2) is 62.8 Å². The zero-order valence-electron chi connectivity index (χ0n) is 6.24. The van der Waals surface area contributed by atoms with Crippen LogP contribution < -0.4 is 0 Å². The molecule has 0 radical (unpaired) electrons. The summed E-state index contributed by atoms with van der Waals surface area (Å²) in [4.78, 5) is 0. The summed E-state index contributed by atoms with van der Waals surface area (Å²) in [5.41, 5.74) is 0. The van der Waals surface area contributed by atoms with Gasteiger partial charge in [-0.1, -0.05) is 0 Å². The molecule has 0 bridgehead atoms. The molecule has 5 atom stereocenters. The van der Waals surface area contributed by atoms with Crippen LogP contribution in [0.15, 0.2) is 0 Å². The van der Waals surface area contributed by atoms with Crippen LogP contribution in [-0.2, 0) is 4.74 Å². The number of aliphatic hydroxyl groups is 5. The predicted octanol–water partition coefficient (Wildman–Crippen LogP) is -3.22. The van der Waals surface area contributed by atoms with E-state index in [1.807, 2.05) is 0 Å². The Bertz CT molecular complexity index is 146. The lowest BCUT2D eigenvalue weighted by molar-refractivity contribution is -0.286. The molecule has 1 aliphatic rings. The summed E-state index contributed by atoms with van der Waals surface area (Å²) in [7, 11) is 0. The third kappa shape index (κ3) is 1.58. The van der Waals surface area contributed by atoms with Crippen molar-refractivity contribution in [3.63, 3.8) is 0 Å². The summed E-state index contributed by atoms with van der Waals surface area (Å²) >= 11 is 0. The first-order valence-electron chi connectivity index (χ1n) is 3.56. The quantitative estimate of drug-likeness (QED) is 0.290. The van der Waals surface area contributed by atoms with Crippen LogP contribution in [0, 0.1) is 0 Å². The molecule has 0 unspecified atom stereocenters. The average Bonchev–Trinajstić information content (AvgIpc) is 2.08. The Labute approximate surface area is 68.6 Å². The topological polar surface area (TPSA) is 110 Å². The number of hydrogen-bond acceptors (Lipinski definition) is 6. The van der Waals surface area contributed by atoms with Crippen molar-refractivity contribution in [3.05, 3.63) is 0 Å². The standard InChI is InChI=1S/C6H12O6/c7-1-2-3(8)4(9)5(10)6(11)12-2/h2-11H,1H2/t2-,3-,4+,5+,6-/m1/s1. The maximum atomic E-state index is 9.12. The van der Waals surface area contributed by atoms with Gasteiger partial charge in [-0.25, -0.2) is 0 Å². The van der Waals surface area contributed by atoms with Gasteiger partial charge in [-0.15, -0.1) is 0 Å². The Hall–Kier alpha value is -0.240. The lowest BCUT2D eigenvalue weighted by Gasteiger charge is -2.37. The van der Waals surface area contributed by atoms with Gasteiger partial charge >= 0.3 is 0 Å². The average molecular weight is 180 g/mol. The second-order valence-electron chi connectivity index (χ2n) is 2.72. The Balaban J connectivity index is 2.63. The highest BCUT2D eigenvalue weighted by Crippen LogP contribution is 2.18. The minimum atomic E-state index is -1.57. The van der Waals surface area contributed by atoms with Crippen molar-refractivity contribution in [1.29, 1.82) is 0 Å². The number of hydrogen-bond donors (Lipinski definition) is 5. The molecule has 72 valence electrons. The summed E-state index contributed by atoms with van der Waals surface area (Å²) in [5.74, 6) is 0. The molecular formula is C6H12O6. The van der Waals surface area contributed by atoms with Crippen molar-refractivity contribution in [3.8, 4) is 0 Å². The van der Waals surface area contributed by atoms with Crippen LogP contribution in [0.1, 0.15) is 0 Å². The third-order valence-electron chi connectivity index (χ3n) is 1.87. The van der Waals surface area contributed by atoms with Crippen LogP contribution in [0.3, 0.4) is 0 Å². The fraction of sp³-hybridized carbons (Fsp3) is 1.00. The summed E-state index contributed by atoms with van der Waals surface area (Å²) in [6.45, 7) is -0.526. The molecule has 1 rings (SSSR count). The van der Waals surface area contributed by atoms with Gasteiger partial charge in [-0.05, 0) is 0 Å². The summed E-state index contributed by atoms with van der Waals surface area (Å²) < 4.78 is 4.58. The van der Waals surface area contributed by atoms with Crippen molar-refractivity contribution in [2.24, 2.45) is 0 Å². The highest BCUT2D eigenvalue weighted by atomic mass is 16.6. The molecule has 0 aliphatic carbocycles. The summed E-state index contributed by atoms with van der Waals surface area (Å²) in [6.07, 6.45) is -7.04. The first-order valence-corrected chi connectivity index (χ1v) is 3.56. The number of aliphatic hydroxyl groups excluding tert-OH is 5. The van der Waals surface area contributed by atoms with Gasteiger partial charge in [-0.2, -0.15) is 0 Å². The first kappa shape index (κ1) is 9.85. The van der Waals surface area contributed by atoms with Gasteiger partial charge in [0.05, 0.1) is 6.61 Å². The Kier molecular flexibility index (Phi) is 2.99. The number of rotatable bonds is 1.